The van der Waals surface area contributed by atoms with Gasteiger partial charge >= 0.3 is 0 Å². The van der Waals surface area contributed by atoms with E-state index in [0.717, 1.165) is 16.1 Å². The number of aromatic nitrogens is 4. The zero-order valence-electron chi connectivity index (χ0n) is 7.24. The third-order valence-electron chi connectivity index (χ3n) is 1.80. The summed E-state index contributed by atoms with van der Waals surface area (Å²) in [6, 6.07) is 0. The van der Waals surface area contributed by atoms with E-state index in [2.05, 4.69) is 15.1 Å². The highest BCUT2D eigenvalue weighted by Gasteiger charge is 2.07. The van der Waals surface area contributed by atoms with Crippen molar-refractivity contribution in [3.8, 4) is 0 Å². The van der Waals surface area contributed by atoms with Crippen LogP contribution in [-0.2, 0) is 7.05 Å². The molecule has 6 heteroatoms. The summed E-state index contributed by atoms with van der Waals surface area (Å²) in [5.41, 5.74) is 0.851. The summed E-state index contributed by atoms with van der Waals surface area (Å²) in [7, 11) is 1.88. The van der Waals surface area contributed by atoms with Gasteiger partial charge in [0.05, 0.1) is 5.39 Å². The van der Waals surface area contributed by atoms with E-state index in [0.29, 0.717) is 4.64 Å². The number of aryl methyl sites for hydroxylation is 1. The van der Waals surface area contributed by atoms with Gasteiger partial charge in [0.1, 0.15) is 16.0 Å². The highest BCUT2D eigenvalue weighted by atomic mass is 32.2. The first-order chi connectivity index (χ1) is 6.24. The van der Waals surface area contributed by atoms with Gasteiger partial charge in [-0.15, -0.1) is 11.8 Å². The first-order valence-electron chi connectivity index (χ1n) is 3.67. The van der Waals surface area contributed by atoms with Crippen LogP contribution in [0.3, 0.4) is 0 Å². The zero-order valence-corrected chi connectivity index (χ0v) is 8.87. The molecule has 4 nitrogen and oxygen atoms in total. The Balaban J connectivity index is 2.97. The van der Waals surface area contributed by atoms with Gasteiger partial charge in [0, 0.05) is 7.05 Å². The summed E-state index contributed by atoms with van der Waals surface area (Å²) < 4.78 is 2.50. The van der Waals surface area contributed by atoms with Gasteiger partial charge < -0.3 is 0 Å². The SMILES string of the molecule is CSc1ncnc2c1c(=S)[nH]n2C. The number of H-pyrrole nitrogens is 1. The third kappa shape index (κ3) is 1.26. The third-order valence-corrected chi connectivity index (χ3v) is 2.79. The number of thioether (sulfide) groups is 1. The summed E-state index contributed by atoms with van der Waals surface area (Å²) in [6.07, 6.45) is 3.53. The molecule has 2 rings (SSSR count). The molecule has 0 unspecified atom stereocenters. The van der Waals surface area contributed by atoms with Gasteiger partial charge in [0.2, 0.25) is 0 Å². The fourth-order valence-electron chi connectivity index (χ4n) is 1.23. The van der Waals surface area contributed by atoms with Crippen LogP contribution in [0, 0.1) is 4.64 Å². The van der Waals surface area contributed by atoms with Crippen molar-refractivity contribution in [2.45, 2.75) is 5.03 Å². The molecule has 2 aromatic rings. The van der Waals surface area contributed by atoms with Crippen LogP contribution in [0.1, 0.15) is 0 Å². The van der Waals surface area contributed by atoms with Gasteiger partial charge in [0.25, 0.3) is 0 Å². The fraction of sp³-hybridized carbons (Fsp3) is 0.286. The van der Waals surface area contributed by atoms with E-state index in [1.807, 2.05) is 13.3 Å². The average Bonchev–Trinajstić information content (AvgIpc) is 2.43. The molecule has 0 aliphatic carbocycles. The lowest BCUT2D eigenvalue weighted by atomic mass is 10.4. The van der Waals surface area contributed by atoms with Gasteiger partial charge in [-0.1, -0.05) is 12.2 Å². The zero-order chi connectivity index (χ0) is 9.42. The van der Waals surface area contributed by atoms with Crippen LogP contribution in [0.4, 0.5) is 0 Å². The molecule has 0 aliphatic heterocycles. The predicted octanol–water partition coefficient (Wildman–Crippen LogP) is 1.75. The minimum absolute atomic E-state index is 0.697. The molecular formula is C7H8N4S2. The molecule has 0 amide bonds. The minimum Gasteiger partial charge on any atom is -0.286 e. The van der Waals surface area contributed by atoms with Gasteiger partial charge in [-0.2, -0.15) is 0 Å². The van der Waals surface area contributed by atoms with Crippen molar-refractivity contribution in [1.82, 2.24) is 19.7 Å². The van der Waals surface area contributed by atoms with Crippen LogP contribution >= 0.6 is 24.0 Å². The molecule has 2 aromatic heterocycles. The normalized spacial score (nSPS) is 10.9. The maximum Gasteiger partial charge on any atom is 0.161 e. The molecule has 0 atom stereocenters. The maximum atomic E-state index is 5.16. The molecule has 1 N–H and O–H groups in total. The van der Waals surface area contributed by atoms with Gasteiger partial charge in [-0.25, -0.2) is 9.97 Å². The molecule has 13 heavy (non-hydrogen) atoms. The number of hydrogen-bond donors (Lipinski definition) is 1. The molecule has 0 spiro atoms. The van der Waals surface area contributed by atoms with Crippen molar-refractivity contribution >= 4 is 35.0 Å². The molecule has 0 aliphatic rings. The monoisotopic (exact) mass is 212 g/mol. The van der Waals surface area contributed by atoms with E-state index in [4.69, 9.17) is 12.2 Å². The second-order valence-corrected chi connectivity index (χ2v) is 3.78. The van der Waals surface area contributed by atoms with Crippen LogP contribution in [0.2, 0.25) is 0 Å². The van der Waals surface area contributed by atoms with E-state index >= 15 is 0 Å². The summed E-state index contributed by atoms with van der Waals surface area (Å²) in [4.78, 5) is 8.30. The Hall–Kier alpha value is -0.880. The second kappa shape index (κ2) is 3.12. The van der Waals surface area contributed by atoms with Gasteiger partial charge in [0.15, 0.2) is 5.65 Å². The highest BCUT2D eigenvalue weighted by molar-refractivity contribution is 7.98. The summed E-state index contributed by atoms with van der Waals surface area (Å²) in [6.45, 7) is 0. The lowest BCUT2D eigenvalue weighted by molar-refractivity contribution is 0.780. The molecule has 0 saturated heterocycles. The summed E-state index contributed by atoms with van der Waals surface area (Å²) >= 11 is 6.73. The Morgan fingerprint density at radius 3 is 3.00 bits per heavy atom. The predicted molar refractivity (Wildman–Crippen MR) is 55.5 cm³/mol. The number of nitrogens with one attached hydrogen (secondary N) is 1. The van der Waals surface area contributed by atoms with E-state index in [9.17, 15) is 0 Å². The van der Waals surface area contributed by atoms with Gasteiger partial charge in [-0.05, 0) is 6.26 Å². The number of rotatable bonds is 1. The Kier molecular flexibility index (Phi) is 2.09. The molecular weight excluding hydrogens is 204 g/mol. The molecule has 0 aromatic carbocycles. The van der Waals surface area contributed by atoms with Crippen LogP contribution in [-0.4, -0.2) is 26.0 Å². The molecule has 68 valence electrons. The number of nitrogens with zero attached hydrogens (tertiary/aromatic N) is 3. The fourth-order valence-corrected chi connectivity index (χ4v) is 2.17. The summed E-state index contributed by atoms with van der Waals surface area (Å²) in [5, 5.41) is 4.87. The van der Waals surface area contributed by atoms with E-state index in [-0.39, 0.29) is 0 Å². The lowest BCUT2D eigenvalue weighted by Crippen LogP contribution is -1.92. The number of aromatic amines is 1. The van der Waals surface area contributed by atoms with Crippen molar-refractivity contribution in [1.29, 1.82) is 0 Å². The Labute approximate surface area is 84.4 Å². The van der Waals surface area contributed by atoms with Gasteiger partial charge in [-0.3, -0.25) is 9.78 Å². The maximum absolute atomic E-state index is 5.16. The molecule has 0 radical (unpaired) electrons. The van der Waals surface area contributed by atoms with Crippen LogP contribution in [0.5, 0.6) is 0 Å². The average molecular weight is 212 g/mol. The first-order valence-corrected chi connectivity index (χ1v) is 5.31. The van der Waals surface area contributed by atoms with Crippen molar-refractivity contribution in [3.63, 3.8) is 0 Å². The molecule has 2 heterocycles. The standard InChI is InChI=1S/C7H8N4S2/c1-11-5-4(6(12)10-11)7(13-2)9-3-8-5/h3H,1-2H3,(H,10,12). The number of hydrogen-bond acceptors (Lipinski definition) is 4. The second-order valence-electron chi connectivity index (χ2n) is 2.58. The Morgan fingerprint density at radius 1 is 1.54 bits per heavy atom. The van der Waals surface area contributed by atoms with E-state index in [1.165, 1.54) is 0 Å². The van der Waals surface area contributed by atoms with Crippen molar-refractivity contribution in [3.05, 3.63) is 11.0 Å². The topological polar surface area (TPSA) is 46.5 Å². The molecule has 0 bridgehead atoms. The molecule has 0 saturated carbocycles. The highest BCUT2D eigenvalue weighted by Crippen LogP contribution is 2.22. The van der Waals surface area contributed by atoms with E-state index < -0.39 is 0 Å². The van der Waals surface area contributed by atoms with Crippen LogP contribution in [0.15, 0.2) is 11.4 Å². The van der Waals surface area contributed by atoms with Crippen molar-refractivity contribution in [2.24, 2.45) is 7.05 Å². The Morgan fingerprint density at radius 2 is 2.31 bits per heavy atom. The Bertz CT molecular complexity index is 499. The van der Waals surface area contributed by atoms with Crippen molar-refractivity contribution in [2.75, 3.05) is 6.26 Å². The van der Waals surface area contributed by atoms with Crippen molar-refractivity contribution < 1.29 is 0 Å². The lowest BCUT2D eigenvalue weighted by Gasteiger charge is -1.96. The smallest absolute Gasteiger partial charge is 0.161 e. The van der Waals surface area contributed by atoms with E-state index in [1.54, 1.807) is 22.8 Å². The minimum atomic E-state index is 0.697. The molecule has 0 fully saturated rings. The first kappa shape index (κ1) is 8.71. The number of fused-ring (bicyclic) bond motifs is 1. The van der Waals surface area contributed by atoms with Crippen LogP contribution in [0.25, 0.3) is 11.0 Å². The quantitative estimate of drug-likeness (QED) is 0.444. The summed E-state index contributed by atoms with van der Waals surface area (Å²) in [5.74, 6) is 0. The van der Waals surface area contributed by atoms with Crippen LogP contribution < -0.4 is 0 Å². The largest absolute Gasteiger partial charge is 0.286 e.